The highest BCUT2D eigenvalue weighted by Crippen LogP contribution is 2.22. The molecule has 1 atom stereocenters. The third kappa shape index (κ3) is 3.07. The minimum Gasteiger partial charge on any atom is -0.480 e. The zero-order chi connectivity index (χ0) is 12.4. The van der Waals surface area contributed by atoms with Crippen molar-refractivity contribution >= 4 is 21.9 Å². The van der Waals surface area contributed by atoms with Crippen LogP contribution in [0, 0.1) is 6.92 Å². The predicted octanol–water partition coefficient (Wildman–Crippen LogP) is 2.81. The van der Waals surface area contributed by atoms with Crippen LogP contribution in [0.2, 0.25) is 0 Å². The van der Waals surface area contributed by atoms with Crippen molar-refractivity contribution in [3.05, 3.63) is 33.8 Å². The number of carboxylic acid groups (broad SMARTS) is 1. The van der Waals surface area contributed by atoms with Gasteiger partial charge in [-0.25, -0.2) is 0 Å². The van der Waals surface area contributed by atoms with E-state index in [1.807, 2.05) is 11.8 Å². The second-order valence-corrected chi connectivity index (χ2v) is 5.52. The maximum Gasteiger partial charge on any atom is 0.320 e. The van der Waals surface area contributed by atoms with E-state index in [1.54, 1.807) is 0 Å². The van der Waals surface area contributed by atoms with Crippen molar-refractivity contribution in [2.75, 3.05) is 6.54 Å². The number of hydrogen-bond donors (Lipinski definition) is 1. The fourth-order valence-corrected chi connectivity index (χ4v) is 3.09. The Balaban J connectivity index is 2.12. The normalized spacial score (nSPS) is 20.7. The summed E-state index contributed by atoms with van der Waals surface area (Å²) in [4.78, 5) is 13.1. The molecule has 1 aromatic rings. The third-order valence-corrected chi connectivity index (χ3v) is 3.59. The second-order valence-electron chi connectivity index (χ2n) is 4.60. The van der Waals surface area contributed by atoms with Crippen LogP contribution in [0.15, 0.2) is 22.7 Å². The van der Waals surface area contributed by atoms with Gasteiger partial charge in [0.2, 0.25) is 0 Å². The SMILES string of the molecule is Cc1cc(Br)cc(CN2CCCC2C(=O)O)c1. The number of nitrogens with zero attached hydrogens (tertiary/aromatic N) is 1. The highest BCUT2D eigenvalue weighted by molar-refractivity contribution is 9.10. The molecule has 1 aliphatic heterocycles. The highest BCUT2D eigenvalue weighted by atomic mass is 79.9. The molecule has 0 bridgehead atoms. The molecule has 1 aromatic carbocycles. The number of aliphatic carboxylic acids is 1. The van der Waals surface area contributed by atoms with Crippen molar-refractivity contribution in [1.82, 2.24) is 4.90 Å². The van der Waals surface area contributed by atoms with Crippen LogP contribution >= 0.6 is 15.9 Å². The van der Waals surface area contributed by atoms with Crippen LogP contribution in [0.5, 0.6) is 0 Å². The molecule has 0 aromatic heterocycles. The molecule has 3 nitrogen and oxygen atoms in total. The monoisotopic (exact) mass is 297 g/mol. The number of halogens is 1. The van der Waals surface area contributed by atoms with Crippen molar-refractivity contribution in [3.63, 3.8) is 0 Å². The lowest BCUT2D eigenvalue weighted by atomic mass is 10.1. The first-order valence-corrected chi connectivity index (χ1v) is 6.58. The number of rotatable bonds is 3. The lowest BCUT2D eigenvalue weighted by Gasteiger charge is -2.21. The third-order valence-electron chi connectivity index (χ3n) is 3.14. The zero-order valence-corrected chi connectivity index (χ0v) is 11.4. The summed E-state index contributed by atoms with van der Waals surface area (Å²) < 4.78 is 1.05. The van der Waals surface area contributed by atoms with Gasteiger partial charge in [-0.1, -0.05) is 22.0 Å². The molecular formula is C13H16BrNO2. The van der Waals surface area contributed by atoms with E-state index >= 15 is 0 Å². The van der Waals surface area contributed by atoms with Gasteiger partial charge in [-0.05, 0) is 49.6 Å². The summed E-state index contributed by atoms with van der Waals surface area (Å²) in [5, 5.41) is 9.12. The number of benzene rings is 1. The summed E-state index contributed by atoms with van der Waals surface area (Å²) in [5.74, 6) is -0.700. The first kappa shape index (κ1) is 12.6. The lowest BCUT2D eigenvalue weighted by molar-refractivity contribution is -0.142. The Hall–Kier alpha value is -0.870. The molecule has 0 spiro atoms. The van der Waals surface area contributed by atoms with Crippen molar-refractivity contribution in [3.8, 4) is 0 Å². The Kier molecular flexibility index (Phi) is 3.84. The smallest absolute Gasteiger partial charge is 0.320 e. The summed E-state index contributed by atoms with van der Waals surface area (Å²) in [5.41, 5.74) is 2.37. The van der Waals surface area contributed by atoms with E-state index in [0.29, 0.717) is 0 Å². The summed E-state index contributed by atoms with van der Waals surface area (Å²) in [6.45, 7) is 3.65. The largest absolute Gasteiger partial charge is 0.480 e. The Morgan fingerprint density at radius 1 is 1.53 bits per heavy atom. The summed E-state index contributed by atoms with van der Waals surface area (Å²) >= 11 is 3.47. The van der Waals surface area contributed by atoms with Gasteiger partial charge in [0.05, 0.1) is 0 Å². The second kappa shape index (κ2) is 5.19. The quantitative estimate of drug-likeness (QED) is 0.933. The first-order valence-electron chi connectivity index (χ1n) is 5.79. The van der Waals surface area contributed by atoms with Crippen LogP contribution in [0.25, 0.3) is 0 Å². The fraction of sp³-hybridized carbons (Fsp3) is 0.462. The number of carbonyl (C=O) groups is 1. The molecule has 0 saturated carbocycles. The maximum atomic E-state index is 11.1. The molecule has 1 aliphatic rings. The molecule has 1 saturated heterocycles. The standard InChI is InChI=1S/C13H16BrNO2/c1-9-5-10(7-11(14)6-9)8-15-4-2-3-12(15)13(16)17/h5-7,12H,2-4,8H2,1H3,(H,16,17). The fourth-order valence-electron chi connectivity index (χ4n) is 2.43. The molecule has 0 aliphatic carbocycles. The Bertz CT molecular complexity index is 413. The molecule has 1 heterocycles. The van der Waals surface area contributed by atoms with Crippen molar-refractivity contribution < 1.29 is 9.90 Å². The summed E-state index contributed by atoms with van der Waals surface area (Å²) in [6.07, 6.45) is 1.74. The Morgan fingerprint density at radius 3 is 2.94 bits per heavy atom. The molecular weight excluding hydrogens is 282 g/mol. The molecule has 4 heteroatoms. The van der Waals surface area contributed by atoms with E-state index < -0.39 is 5.97 Å². The van der Waals surface area contributed by atoms with Crippen LogP contribution in [0.1, 0.15) is 24.0 Å². The number of aryl methyl sites for hydroxylation is 1. The van der Waals surface area contributed by atoms with Gasteiger partial charge in [-0.15, -0.1) is 0 Å². The van der Waals surface area contributed by atoms with Crippen LogP contribution < -0.4 is 0 Å². The molecule has 17 heavy (non-hydrogen) atoms. The predicted molar refractivity (Wildman–Crippen MR) is 69.9 cm³/mol. The number of hydrogen-bond acceptors (Lipinski definition) is 2. The minimum absolute atomic E-state index is 0.311. The Morgan fingerprint density at radius 2 is 2.29 bits per heavy atom. The van der Waals surface area contributed by atoms with E-state index in [2.05, 4.69) is 34.1 Å². The number of carboxylic acids is 1. The molecule has 1 fully saturated rings. The van der Waals surface area contributed by atoms with E-state index in [0.717, 1.165) is 30.4 Å². The van der Waals surface area contributed by atoms with Crippen molar-refractivity contribution in [2.45, 2.75) is 32.4 Å². The average molecular weight is 298 g/mol. The Labute approximate surface area is 110 Å². The molecule has 2 rings (SSSR count). The van der Waals surface area contributed by atoms with Gasteiger partial charge in [0.1, 0.15) is 6.04 Å². The molecule has 1 unspecified atom stereocenters. The maximum absolute atomic E-state index is 11.1. The van der Waals surface area contributed by atoms with Gasteiger partial charge >= 0.3 is 5.97 Å². The van der Waals surface area contributed by atoms with Crippen LogP contribution in [0.4, 0.5) is 0 Å². The zero-order valence-electron chi connectivity index (χ0n) is 9.82. The van der Waals surface area contributed by atoms with E-state index in [9.17, 15) is 4.79 Å². The van der Waals surface area contributed by atoms with E-state index in [1.165, 1.54) is 11.1 Å². The van der Waals surface area contributed by atoms with Crippen LogP contribution in [-0.4, -0.2) is 28.6 Å². The van der Waals surface area contributed by atoms with Crippen LogP contribution in [0.3, 0.4) is 0 Å². The van der Waals surface area contributed by atoms with Gasteiger partial charge in [0.25, 0.3) is 0 Å². The van der Waals surface area contributed by atoms with Gasteiger partial charge in [-0.3, -0.25) is 9.69 Å². The first-order chi connectivity index (χ1) is 8.06. The van der Waals surface area contributed by atoms with Crippen molar-refractivity contribution in [1.29, 1.82) is 0 Å². The highest BCUT2D eigenvalue weighted by Gasteiger charge is 2.30. The molecule has 92 valence electrons. The summed E-state index contributed by atoms with van der Waals surface area (Å²) in [6, 6.07) is 5.92. The molecule has 1 N–H and O–H groups in total. The van der Waals surface area contributed by atoms with Gasteiger partial charge < -0.3 is 5.11 Å². The summed E-state index contributed by atoms with van der Waals surface area (Å²) in [7, 11) is 0. The average Bonchev–Trinajstić information content (AvgIpc) is 2.63. The topological polar surface area (TPSA) is 40.5 Å². The van der Waals surface area contributed by atoms with E-state index in [4.69, 9.17) is 5.11 Å². The number of likely N-dealkylation sites (tertiary alicyclic amines) is 1. The van der Waals surface area contributed by atoms with Crippen LogP contribution in [-0.2, 0) is 11.3 Å². The van der Waals surface area contributed by atoms with Gasteiger partial charge in [-0.2, -0.15) is 0 Å². The lowest BCUT2D eigenvalue weighted by Crippen LogP contribution is -2.35. The van der Waals surface area contributed by atoms with E-state index in [-0.39, 0.29) is 6.04 Å². The molecule has 0 radical (unpaired) electrons. The molecule has 0 amide bonds. The van der Waals surface area contributed by atoms with Gasteiger partial charge in [0.15, 0.2) is 0 Å². The minimum atomic E-state index is -0.700. The van der Waals surface area contributed by atoms with Crippen molar-refractivity contribution in [2.24, 2.45) is 0 Å². The van der Waals surface area contributed by atoms with Gasteiger partial charge in [0, 0.05) is 11.0 Å².